The van der Waals surface area contributed by atoms with Crippen LogP contribution in [0.25, 0.3) is 0 Å². The molecule has 1 aromatic rings. The van der Waals surface area contributed by atoms with Crippen molar-refractivity contribution in [1.82, 2.24) is 15.3 Å². The van der Waals surface area contributed by atoms with E-state index in [4.69, 9.17) is 11.6 Å². The Hall–Kier alpha value is -1.20. The van der Waals surface area contributed by atoms with Gasteiger partial charge in [-0.25, -0.2) is 9.97 Å². The lowest BCUT2D eigenvalue weighted by atomic mass is 9.77. The van der Waals surface area contributed by atoms with Gasteiger partial charge >= 0.3 is 0 Å². The van der Waals surface area contributed by atoms with Crippen LogP contribution in [0, 0.1) is 5.41 Å². The van der Waals surface area contributed by atoms with Crippen molar-refractivity contribution >= 4 is 23.3 Å². The maximum absolute atomic E-state index is 12.4. The molecule has 0 aromatic carbocycles. The van der Waals surface area contributed by atoms with E-state index in [9.17, 15) is 4.79 Å². The van der Waals surface area contributed by atoms with Crippen LogP contribution in [-0.2, 0) is 4.79 Å². The SMILES string of the molecule is CCC1(C(=O)Nc2cc(Cl)ncn2)CCCNC1. The molecule has 18 heavy (non-hydrogen) atoms. The molecular formula is C12H17ClN4O. The van der Waals surface area contributed by atoms with Crippen molar-refractivity contribution in [2.45, 2.75) is 26.2 Å². The van der Waals surface area contributed by atoms with Crippen LogP contribution in [-0.4, -0.2) is 29.0 Å². The Balaban J connectivity index is 2.10. The summed E-state index contributed by atoms with van der Waals surface area (Å²) < 4.78 is 0. The molecule has 0 spiro atoms. The van der Waals surface area contributed by atoms with E-state index in [1.165, 1.54) is 6.33 Å². The highest BCUT2D eigenvalue weighted by molar-refractivity contribution is 6.29. The Labute approximate surface area is 111 Å². The van der Waals surface area contributed by atoms with Crippen molar-refractivity contribution in [3.63, 3.8) is 0 Å². The number of rotatable bonds is 3. The molecule has 1 saturated heterocycles. The van der Waals surface area contributed by atoms with Crippen LogP contribution in [0.5, 0.6) is 0 Å². The molecule has 0 aliphatic carbocycles. The number of carbonyl (C=O) groups is 1. The Morgan fingerprint density at radius 3 is 3.06 bits per heavy atom. The molecule has 2 heterocycles. The van der Waals surface area contributed by atoms with E-state index in [2.05, 4.69) is 20.6 Å². The van der Waals surface area contributed by atoms with E-state index >= 15 is 0 Å². The lowest BCUT2D eigenvalue weighted by Crippen LogP contribution is -2.47. The average Bonchev–Trinajstić information content (AvgIpc) is 2.39. The predicted molar refractivity (Wildman–Crippen MR) is 70.5 cm³/mol. The second-order valence-corrected chi connectivity index (χ2v) is 4.98. The van der Waals surface area contributed by atoms with Gasteiger partial charge in [0.2, 0.25) is 5.91 Å². The first kappa shape index (κ1) is 13.2. The highest BCUT2D eigenvalue weighted by Crippen LogP contribution is 2.31. The first-order valence-electron chi connectivity index (χ1n) is 6.16. The largest absolute Gasteiger partial charge is 0.316 e. The minimum Gasteiger partial charge on any atom is -0.316 e. The summed E-state index contributed by atoms with van der Waals surface area (Å²) in [5, 5.41) is 6.44. The highest BCUT2D eigenvalue weighted by Gasteiger charge is 2.37. The summed E-state index contributed by atoms with van der Waals surface area (Å²) in [6, 6.07) is 1.55. The van der Waals surface area contributed by atoms with Crippen LogP contribution in [0.4, 0.5) is 5.82 Å². The first-order valence-corrected chi connectivity index (χ1v) is 6.54. The number of anilines is 1. The van der Waals surface area contributed by atoms with Crippen molar-refractivity contribution < 1.29 is 4.79 Å². The number of nitrogens with zero attached hydrogens (tertiary/aromatic N) is 2. The van der Waals surface area contributed by atoms with Crippen LogP contribution >= 0.6 is 11.6 Å². The van der Waals surface area contributed by atoms with Crippen molar-refractivity contribution in [2.75, 3.05) is 18.4 Å². The van der Waals surface area contributed by atoms with Gasteiger partial charge in [-0.2, -0.15) is 0 Å². The number of carbonyl (C=O) groups excluding carboxylic acids is 1. The van der Waals surface area contributed by atoms with Crippen molar-refractivity contribution in [3.05, 3.63) is 17.5 Å². The third-order valence-electron chi connectivity index (χ3n) is 3.51. The van der Waals surface area contributed by atoms with Gasteiger partial charge in [0.15, 0.2) is 0 Å². The lowest BCUT2D eigenvalue weighted by Gasteiger charge is -2.35. The van der Waals surface area contributed by atoms with E-state index < -0.39 is 0 Å². The van der Waals surface area contributed by atoms with Gasteiger partial charge in [-0.1, -0.05) is 18.5 Å². The summed E-state index contributed by atoms with van der Waals surface area (Å²) in [4.78, 5) is 20.2. The number of amides is 1. The third-order valence-corrected chi connectivity index (χ3v) is 3.71. The zero-order chi connectivity index (χ0) is 13.0. The Bertz CT molecular complexity index is 432. The number of nitrogens with one attached hydrogen (secondary N) is 2. The standard InChI is InChI=1S/C12H17ClN4O/c1-2-12(4-3-5-14-7-12)11(18)17-10-6-9(13)15-8-16-10/h6,8,14H,2-5,7H2,1H3,(H,15,16,17,18). The van der Waals surface area contributed by atoms with Gasteiger partial charge in [-0.05, 0) is 25.8 Å². The van der Waals surface area contributed by atoms with E-state index in [1.54, 1.807) is 6.07 Å². The fourth-order valence-electron chi connectivity index (χ4n) is 2.27. The second kappa shape index (κ2) is 5.63. The van der Waals surface area contributed by atoms with Gasteiger partial charge in [0.05, 0.1) is 5.41 Å². The van der Waals surface area contributed by atoms with Crippen LogP contribution in [0.15, 0.2) is 12.4 Å². The molecule has 1 fully saturated rings. The van der Waals surface area contributed by atoms with Crippen LogP contribution in [0.1, 0.15) is 26.2 Å². The normalized spacial score (nSPS) is 23.7. The van der Waals surface area contributed by atoms with Gasteiger partial charge in [0, 0.05) is 12.6 Å². The van der Waals surface area contributed by atoms with Gasteiger partial charge < -0.3 is 10.6 Å². The number of aromatic nitrogens is 2. The molecule has 1 aliphatic rings. The summed E-state index contributed by atoms with van der Waals surface area (Å²) in [6.07, 6.45) is 4.08. The minimum absolute atomic E-state index is 0.00645. The fraction of sp³-hybridized carbons (Fsp3) is 0.583. The fourth-order valence-corrected chi connectivity index (χ4v) is 2.42. The Kier molecular flexibility index (Phi) is 4.14. The van der Waals surface area contributed by atoms with Gasteiger partial charge in [-0.15, -0.1) is 0 Å². The molecule has 5 nitrogen and oxygen atoms in total. The molecule has 1 atom stereocenters. The molecular weight excluding hydrogens is 252 g/mol. The van der Waals surface area contributed by atoms with Crippen LogP contribution < -0.4 is 10.6 Å². The predicted octanol–water partition coefficient (Wildman–Crippen LogP) is 1.85. The van der Waals surface area contributed by atoms with Crippen LogP contribution in [0.3, 0.4) is 0 Å². The van der Waals surface area contributed by atoms with Crippen molar-refractivity contribution in [3.8, 4) is 0 Å². The molecule has 2 N–H and O–H groups in total. The number of hydrogen-bond donors (Lipinski definition) is 2. The molecule has 98 valence electrons. The topological polar surface area (TPSA) is 66.9 Å². The number of piperidine rings is 1. The molecule has 1 aliphatic heterocycles. The number of halogens is 1. The zero-order valence-electron chi connectivity index (χ0n) is 10.4. The molecule has 0 bridgehead atoms. The molecule has 2 rings (SSSR count). The van der Waals surface area contributed by atoms with E-state index in [-0.39, 0.29) is 11.3 Å². The number of hydrogen-bond acceptors (Lipinski definition) is 4. The Morgan fingerprint density at radius 2 is 2.44 bits per heavy atom. The van der Waals surface area contributed by atoms with Gasteiger partial charge in [0.1, 0.15) is 17.3 Å². The average molecular weight is 269 g/mol. The smallest absolute Gasteiger partial charge is 0.233 e. The summed E-state index contributed by atoms with van der Waals surface area (Å²) in [5.41, 5.74) is -0.338. The highest BCUT2D eigenvalue weighted by atomic mass is 35.5. The molecule has 0 radical (unpaired) electrons. The van der Waals surface area contributed by atoms with Crippen LogP contribution in [0.2, 0.25) is 5.15 Å². The van der Waals surface area contributed by atoms with E-state index in [0.29, 0.717) is 17.5 Å². The summed E-state index contributed by atoms with van der Waals surface area (Å²) in [5.74, 6) is 0.463. The summed E-state index contributed by atoms with van der Waals surface area (Å²) in [7, 11) is 0. The molecule has 1 aromatic heterocycles. The summed E-state index contributed by atoms with van der Waals surface area (Å²) in [6.45, 7) is 3.74. The zero-order valence-corrected chi connectivity index (χ0v) is 11.1. The Morgan fingerprint density at radius 1 is 1.61 bits per heavy atom. The molecule has 1 unspecified atom stereocenters. The monoisotopic (exact) mass is 268 g/mol. The molecule has 6 heteroatoms. The summed E-state index contributed by atoms with van der Waals surface area (Å²) >= 11 is 5.77. The lowest BCUT2D eigenvalue weighted by molar-refractivity contribution is -0.126. The quantitative estimate of drug-likeness (QED) is 0.821. The van der Waals surface area contributed by atoms with Crippen molar-refractivity contribution in [1.29, 1.82) is 0 Å². The van der Waals surface area contributed by atoms with Gasteiger partial charge in [0.25, 0.3) is 0 Å². The first-order chi connectivity index (χ1) is 8.66. The minimum atomic E-state index is -0.338. The van der Waals surface area contributed by atoms with E-state index in [1.807, 2.05) is 6.92 Å². The molecule has 1 amide bonds. The second-order valence-electron chi connectivity index (χ2n) is 4.59. The maximum atomic E-state index is 12.4. The maximum Gasteiger partial charge on any atom is 0.233 e. The molecule has 0 saturated carbocycles. The third kappa shape index (κ3) is 2.79. The van der Waals surface area contributed by atoms with Gasteiger partial charge in [-0.3, -0.25) is 4.79 Å². The van der Waals surface area contributed by atoms with Crippen molar-refractivity contribution in [2.24, 2.45) is 5.41 Å². The van der Waals surface area contributed by atoms with E-state index in [0.717, 1.165) is 25.8 Å².